The molecule has 2 heterocycles. The number of thioether (sulfide) groups is 1. The Balaban J connectivity index is 1.34. The molecule has 0 spiro atoms. The standard InChI is InChI=1S/C21H20ClN5O2S/c1-12-15(22)6-4-8-17(12)25-19(28)11-30-21-27-26-20(29-21)16(23)9-13-10-24-18-7-3-2-5-14(13)18/h2-8,10,16,24H,9,11,23H2,1H3,(H,25,28). The Kier molecular flexibility index (Phi) is 6.08. The van der Waals surface area contributed by atoms with Gasteiger partial charge in [-0.1, -0.05) is 47.6 Å². The molecule has 1 unspecified atom stereocenters. The minimum absolute atomic E-state index is 0.130. The number of hydrogen-bond acceptors (Lipinski definition) is 6. The number of H-pyrrole nitrogens is 1. The zero-order valence-electron chi connectivity index (χ0n) is 16.2. The number of halogens is 1. The highest BCUT2D eigenvalue weighted by Crippen LogP contribution is 2.26. The van der Waals surface area contributed by atoms with Crippen molar-refractivity contribution in [2.45, 2.75) is 24.6 Å². The quantitative estimate of drug-likeness (QED) is 0.364. The van der Waals surface area contributed by atoms with E-state index in [0.717, 1.165) is 33.8 Å². The van der Waals surface area contributed by atoms with Gasteiger partial charge in [-0.15, -0.1) is 10.2 Å². The van der Waals surface area contributed by atoms with Gasteiger partial charge in [0.05, 0.1) is 11.8 Å². The van der Waals surface area contributed by atoms with Crippen molar-refractivity contribution in [2.75, 3.05) is 11.1 Å². The molecule has 0 fully saturated rings. The first-order chi connectivity index (χ1) is 14.5. The van der Waals surface area contributed by atoms with E-state index in [9.17, 15) is 4.79 Å². The van der Waals surface area contributed by atoms with Crippen LogP contribution >= 0.6 is 23.4 Å². The van der Waals surface area contributed by atoms with Gasteiger partial charge in [0.25, 0.3) is 5.22 Å². The van der Waals surface area contributed by atoms with Gasteiger partial charge in [-0.25, -0.2) is 0 Å². The minimum Gasteiger partial charge on any atom is -0.414 e. The van der Waals surface area contributed by atoms with Crippen LogP contribution in [0.3, 0.4) is 0 Å². The van der Waals surface area contributed by atoms with Crippen molar-refractivity contribution < 1.29 is 9.21 Å². The fraction of sp³-hybridized carbons (Fsp3) is 0.190. The molecule has 2 aromatic heterocycles. The lowest BCUT2D eigenvalue weighted by Gasteiger charge is -2.08. The molecule has 0 saturated heterocycles. The summed E-state index contributed by atoms with van der Waals surface area (Å²) >= 11 is 7.24. The minimum atomic E-state index is -0.436. The topological polar surface area (TPSA) is 110 Å². The van der Waals surface area contributed by atoms with E-state index in [-0.39, 0.29) is 11.7 Å². The number of carbonyl (C=O) groups is 1. The van der Waals surface area contributed by atoms with Crippen LogP contribution in [0.15, 0.2) is 58.3 Å². The molecular weight excluding hydrogens is 422 g/mol. The van der Waals surface area contributed by atoms with Crippen LogP contribution in [0.1, 0.15) is 23.1 Å². The lowest BCUT2D eigenvalue weighted by atomic mass is 10.1. The summed E-state index contributed by atoms with van der Waals surface area (Å²) in [7, 11) is 0. The second kappa shape index (κ2) is 8.91. The van der Waals surface area contributed by atoms with Gasteiger partial charge >= 0.3 is 0 Å². The van der Waals surface area contributed by atoms with Crippen molar-refractivity contribution in [1.82, 2.24) is 15.2 Å². The number of nitrogens with zero attached hydrogens (tertiary/aromatic N) is 2. The number of rotatable bonds is 7. The molecule has 30 heavy (non-hydrogen) atoms. The fourth-order valence-corrected chi connectivity index (χ4v) is 3.85. The number of aromatic amines is 1. The van der Waals surface area contributed by atoms with Crippen LogP contribution in [0.5, 0.6) is 0 Å². The number of aromatic nitrogens is 3. The predicted octanol–water partition coefficient (Wildman–Crippen LogP) is 4.49. The van der Waals surface area contributed by atoms with Crippen molar-refractivity contribution in [3.05, 3.63) is 70.7 Å². The third kappa shape index (κ3) is 4.51. The number of amides is 1. The lowest BCUT2D eigenvalue weighted by molar-refractivity contribution is -0.113. The normalized spacial score (nSPS) is 12.2. The van der Waals surface area contributed by atoms with E-state index in [4.69, 9.17) is 21.8 Å². The molecule has 1 atom stereocenters. The van der Waals surface area contributed by atoms with Gasteiger partial charge in [0.2, 0.25) is 11.8 Å². The molecule has 7 nitrogen and oxygen atoms in total. The second-order valence-electron chi connectivity index (χ2n) is 6.83. The van der Waals surface area contributed by atoms with Gasteiger partial charge in [0.15, 0.2) is 0 Å². The maximum atomic E-state index is 12.2. The summed E-state index contributed by atoms with van der Waals surface area (Å²) in [6, 6.07) is 13.0. The van der Waals surface area contributed by atoms with Crippen molar-refractivity contribution in [2.24, 2.45) is 5.73 Å². The summed E-state index contributed by atoms with van der Waals surface area (Å²) in [6.45, 7) is 1.85. The molecule has 0 aliphatic rings. The summed E-state index contributed by atoms with van der Waals surface area (Å²) < 4.78 is 5.65. The molecule has 154 valence electrons. The average Bonchev–Trinajstić information content (AvgIpc) is 3.38. The molecule has 0 aliphatic heterocycles. The first kappa shape index (κ1) is 20.5. The molecule has 0 aliphatic carbocycles. The first-order valence-electron chi connectivity index (χ1n) is 9.33. The van der Waals surface area contributed by atoms with Crippen LogP contribution in [-0.2, 0) is 11.2 Å². The molecule has 0 bridgehead atoms. The van der Waals surface area contributed by atoms with E-state index in [0.29, 0.717) is 28.2 Å². The molecule has 9 heteroatoms. The molecule has 4 rings (SSSR count). The molecule has 0 saturated carbocycles. The largest absolute Gasteiger partial charge is 0.414 e. The molecule has 0 radical (unpaired) electrons. The van der Waals surface area contributed by atoms with Gasteiger partial charge in [-0.2, -0.15) is 0 Å². The smallest absolute Gasteiger partial charge is 0.277 e. The Labute approximate surface area is 182 Å². The summed E-state index contributed by atoms with van der Waals surface area (Å²) in [5.41, 5.74) is 9.91. The Morgan fingerprint density at radius 1 is 1.27 bits per heavy atom. The number of carbonyl (C=O) groups excluding carboxylic acids is 1. The van der Waals surface area contributed by atoms with Crippen molar-refractivity contribution >= 4 is 45.9 Å². The molecular formula is C21H20ClN5O2S. The maximum absolute atomic E-state index is 12.2. The van der Waals surface area contributed by atoms with E-state index < -0.39 is 6.04 Å². The summed E-state index contributed by atoms with van der Waals surface area (Å²) in [5, 5.41) is 12.9. The van der Waals surface area contributed by atoms with Crippen molar-refractivity contribution in [3.63, 3.8) is 0 Å². The van der Waals surface area contributed by atoms with Gasteiger partial charge in [-0.05, 0) is 42.7 Å². The highest BCUT2D eigenvalue weighted by Gasteiger charge is 2.18. The van der Waals surface area contributed by atoms with Crippen LogP contribution < -0.4 is 11.1 Å². The number of nitrogens with one attached hydrogen (secondary N) is 2. The SMILES string of the molecule is Cc1c(Cl)cccc1NC(=O)CSc1nnc(C(N)Cc2c[nH]c3ccccc23)o1. The van der Waals surface area contributed by atoms with Crippen LogP contribution in [0, 0.1) is 6.92 Å². The Morgan fingerprint density at radius 2 is 2.10 bits per heavy atom. The van der Waals surface area contributed by atoms with E-state index in [2.05, 4.69) is 20.5 Å². The maximum Gasteiger partial charge on any atom is 0.277 e. The van der Waals surface area contributed by atoms with Crippen molar-refractivity contribution in [1.29, 1.82) is 0 Å². The van der Waals surface area contributed by atoms with E-state index in [1.807, 2.05) is 37.4 Å². The van der Waals surface area contributed by atoms with E-state index >= 15 is 0 Å². The number of fused-ring (bicyclic) bond motifs is 1. The highest BCUT2D eigenvalue weighted by atomic mass is 35.5. The number of para-hydroxylation sites is 1. The summed E-state index contributed by atoms with van der Waals surface area (Å²) in [4.78, 5) is 15.5. The average molecular weight is 442 g/mol. The van der Waals surface area contributed by atoms with E-state index in [1.165, 1.54) is 0 Å². The van der Waals surface area contributed by atoms with Crippen LogP contribution in [0.4, 0.5) is 5.69 Å². The zero-order valence-corrected chi connectivity index (χ0v) is 17.8. The molecule has 4 aromatic rings. The van der Waals surface area contributed by atoms with Crippen LogP contribution in [-0.4, -0.2) is 26.8 Å². The number of nitrogens with two attached hydrogens (primary N) is 1. The molecule has 1 amide bonds. The third-order valence-corrected chi connectivity index (χ3v) is 5.95. The number of benzene rings is 2. The first-order valence-corrected chi connectivity index (χ1v) is 10.7. The Bertz CT molecular complexity index is 1190. The summed E-state index contributed by atoms with van der Waals surface area (Å²) in [5.74, 6) is 0.285. The van der Waals surface area contributed by atoms with Gasteiger partial charge in [0.1, 0.15) is 0 Å². The Hall–Kier alpha value is -2.81. The van der Waals surface area contributed by atoms with Gasteiger partial charge in [-0.3, -0.25) is 4.79 Å². The second-order valence-corrected chi connectivity index (χ2v) is 8.16. The fourth-order valence-electron chi connectivity index (χ4n) is 3.11. The monoisotopic (exact) mass is 441 g/mol. The van der Waals surface area contributed by atoms with Gasteiger partial charge < -0.3 is 20.5 Å². The highest BCUT2D eigenvalue weighted by molar-refractivity contribution is 7.99. The van der Waals surface area contributed by atoms with Gasteiger partial charge in [0, 0.05) is 27.8 Å². The molecule has 4 N–H and O–H groups in total. The van der Waals surface area contributed by atoms with Crippen LogP contribution in [0.25, 0.3) is 10.9 Å². The van der Waals surface area contributed by atoms with E-state index in [1.54, 1.807) is 18.2 Å². The van der Waals surface area contributed by atoms with Crippen LogP contribution in [0.2, 0.25) is 5.02 Å². The zero-order chi connectivity index (χ0) is 21.1. The number of hydrogen-bond donors (Lipinski definition) is 3. The summed E-state index contributed by atoms with van der Waals surface area (Å²) in [6.07, 6.45) is 2.50. The number of anilines is 1. The van der Waals surface area contributed by atoms with Crippen molar-refractivity contribution in [3.8, 4) is 0 Å². The predicted molar refractivity (Wildman–Crippen MR) is 119 cm³/mol. The Morgan fingerprint density at radius 3 is 2.97 bits per heavy atom. The molecule has 2 aromatic carbocycles. The lowest BCUT2D eigenvalue weighted by Crippen LogP contribution is -2.14. The third-order valence-electron chi connectivity index (χ3n) is 4.72.